The Morgan fingerprint density at radius 3 is 2.94 bits per heavy atom. The van der Waals surface area contributed by atoms with E-state index in [1.54, 1.807) is 0 Å². The average Bonchev–Trinajstić information content (AvgIpc) is 2.31. The van der Waals surface area contributed by atoms with E-state index >= 15 is 0 Å². The van der Waals surface area contributed by atoms with Gasteiger partial charge in [0.25, 0.3) is 0 Å². The zero-order chi connectivity index (χ0) is 12.4. The third-order valence-electron chi connectivity index (χ3n) is 3.34. The molecule has 1 aliphatic heterocycles. The van der Waals surface area contributed by atoms with E-state index in [2.05, 4.69) is 0 Å². The number of benzene rings is 1. The van der Waals surface area contributed by atoms with Crippen molar-refractivity contribution in [2.24, 2.45) is 0 Å². The molecule has 1 aromatic rings. The molecule has 1 aliphatic rings. The van der Waals surface area contributed by atoms with Crippen LogP contribution in [0.2, 0.25) is 0 Å². The van der Waals surface area contributed by atoms with Gasteiger partial charge in [-0.2, -0.15) is 0 Å². The Kier molecular flexibility index (Phi) is 3.66. The summed E-state index contributed by atoms with van der Waals surface area (Å²) in [5, 5.41) is 19.3. The van der Waals surface area contributed by atoms with Crippen molar-refractivity contribution in [1.29, 1.82) is 0 Å². The zero-order valence-corrected chi connectivity index (χ0v) is 10.3. The fourth-order valence-electron chi connectivity index (χ4n) is 2.26. The van der Waals surface area contributed by atoms with Gasteiger partial charge in [0.2, 0.25) is 0 Å². The van der Waals surface area contributed by atoms with Crippen molar-refractivity contribution < 1.29 is 14.9 Å². The number of ether oxygens (including phenoxy) is 1. The van der Waals surface area contributed by atoms with Crippen molar-refractivity contribution in [3.05, 3.63) is 29.3 Å². The van der Waals surface area contributed by atoms with Gasteiger partial charge in [0.15, 0.2) is 0 Å². The summed E-state index contributed by atoms with van der Waals surface area (Å²) in [6, 6.07) is 5.70. The largest absolute Gasteiger partial charge is 0.491 e. The first kappa shape index (κ1) is 12.4. The minimum absolute atomic E-state index is 0.0837. The van der Waals surface area contributed by atoms with Gasteiger partial charge in [-0.05, 0) is 19.5 Å². The molecule has 2 atom stereocenters. The number of hydrogen-bond acceptors (Lipinski definition) is 4. The second kappa shape index (κ2) is 5.04. The van der Waals surface area contributed by atoms with E-state index in [-0.39, 0.29) is 12.6 Å². The lowest BCUT2D eigenvalue weighted by Gasteiger charge is -2.36. The normalized spacial score (nSPS) is 23.4. The van der Waals surface area contributed by atoms with Gasteiger partial charge < -0.3 is 14.9 Å². The van der Waals surface area contributed by atoms with Crippen molar-refractivity contribution in [3.8, 4) is 5.75 Å². The number of aryl methyl sites for hydroxylation is 1. The van der Waals surface area contributed by atoms with Crippen LogP contribution in [0.15, 0.2) is 18.2 Å². The van der Waals surface area contributed by atoms with Crippen LogP contribution in [0.1, 0.15) is 17.2 Å². The Morgan fingerprint density at radius 1 is 1.47 bits per heavy atom. The monoisotopic (exact) mass is 237 g/mol. The van der Waals surface area contributed by atoms with Gasteiger partial charge in [-0.25, -0.2) is 0 Å². The maximum absolute atomic E-state index is 10.3. The van der Waals surface area contributed by atoms with E-state index in [0.29, 0.717) is 13.2 Å². The fourth-order valence-corrected chi connectivity index (χ4v) is 2.26. The summed E-state index contributed by atoms with van der Waals surface area (Å²) in [7, 11) is 1.88. The predicted molar refractivity (Wildman–Crippen MR) is 65.1 cm³/mol. The molecule has 0 spiro atoms. The third kappa shape index (κ3) is 2.29. The number of rotatable bonds is 3. The van der Waals surface area contributed by atoms with Gasteiger partial charge in [-0.15, -0.1) is 0 Å². The SMILES string of the molecule is Cc1cccc2c1OCC(N(C)CCO)C2O. The van der Waals surface area contributed by atoms with Crippen molar-refractivity contribution >= 4 is 0 Å². The zero-order valence-electron chi connectivity index (χ0n) is 10.3. The Bertz CT molecular complexity index is 394. The second-order valence-corrected chi connectivity index (χ2v) is 4.52. The molecule has 0 aromatic heterocycles. The number of aliphatic hydroxyl groups is 2. The maximum atomic E-state index is 10.3. The van der Waals surface area contributed by atoms with Crippen LogP contribution in [0.4, 0.5) is 0 Å². The van der Waals surface area contributed by atoms with Crippen LogP contribution in [0.25, 0.3) is 0 Å². The van der Waals surface area contributed by atoms with Gasteiger partial charge in [0.1, 0.15) is 18.5 Å². The summed E-state index contributed by atoms with van der Waals surface area (Å²) in [6.07, 6.45) is -0.560. The molecule has 0 radical (unpaired) electrons. The molecule has 0 aliphatic carbocycles. The van der Waals surface area contributed by atoms with Gasteiger partial charge in [-0.3, -0.25) is 4.90 Å². The maximum Gasteiger partial charge on any atom is 0.128 e. The van der Waals surface area contributed by atoms with Crippen LogP contribution < -0.4 is 4.74 Å². The molecule has 0 saturated heterocycles. The van der Waals surface area contributed by atoms with Crippen molar-refractivity contribution in [2.75, 3.05) is 26.8 Å². The van der Waals surface area contributed by atoms with Crippen LogP contribution in [-0.2, 0) is 0 Å². The lowest BCUT2D eigenvalue weighted by atomic mass is 9.96. The van der Waals surface area contributed by atoms with Gasteiger partial charge in [0.05, 0.1) is 12.6 Å². The van der Waals surface area contributed by atoms with E-state index in [9.17, 15) is 5.11 Å². The molecule has 2 unspecified atom stereocenters. The highest BCUT2D eigenvalue weighted by Gasteiger charge is 2.32. The Morgan fingerprint density at radius 2 is 2.24 bits per heavy atom. The number of fused-ring (bicyclic) bond motifs is 1. The first-order valence-corrected chi connectivity index (χ1v) is 5.86. The third-order valence-corrected chi connectivity index (χ3v) is 3.34. The summed E-state index contributed by atoms with van der Waals surface area (Å²) >= 11 is 0. The number of likely N-dealkylation sites (N-methyl/N-ethyl adjacent to an activating group) is 1. The van der Waals surface area contributed by atoms with Gasteiger partial charge in [0, 0.05) is 12.1 Å². The van der Waals surface area contributed by atoms with Crippen LogP contribution >= 0.6 is 0 Å². The minimum atomic E-state index is -0.560. The van der Waals surface area contributed by atoms with Crippen LogP contribution in [0, 0.1) is 6.92 Å². The highest BCUT2D eigenvalue weighted by Crippen LogP contribution is 2.35. The minimum Gasteiger partial charge on any atom is -0.491 e. The number of aliphatic hydroxyl groups excluding tert-OH is 2. The average molecular weight is 237 g/mol. The van der Waals surface area contributed by atoms with Crippen LogP contribution in [0.5, 0.6) is 5.75 Å². The summed E-state index contributed by atoms with van der Waals surface area (Å²) in [5.74, 6) is 0.800. The standard InChI is InChI=1S/C13H19NO3/c1-9-4-3-5-10-12(16)11(8-17-13(9)10)14(2)6-7-15/h3-5,11-12,15-16H,6-8H2,1-2H3. The van der Waals surface area contributed by atoms with E-state index in [1.807, 2.05) is 37.1 Å². The molecule has 4 heteroatoms. The quantitative estimate of drug-likeness (QED) is 0.813. The number of nitrogens with zero attached hydrogens (tertiary/aromatic N) is 1. The molecule has 0 fully saturated rings. The highest BCUT2D eigenvalue weighted by molar-refractivity contribution is 5.44. The molecule has 17 heavy (non-hydrogen) atoms. The van der Waals surface area contributed by atoms with E-state index in [4.69, 9.17) is 9.84 Å². The van der Waals surface area contributed by atoms with Crippen molar-refractivity contribution in [3.63, 3.8) is 0 Å². The van der Waals surface area contributed by atoms with Crippen LogP contribution in [0.3, 0.4) is 0 Å². The highest BCUT2D eigenvalue weighted by atomic mass is 16.5. The molecule has 0 amide bonds. The molecule has 1 aromatic carbocycles. The molecule has 2 N–H and O–H groups in total. The molecule has 4 nitrogen and oxygen atoms in total. The van der Waals surface area contributed by atoms with E-state index < -0.39 is 6.10 Å². The first-order valence-electron chi connectivity index (χ1n) is 5.86. The summed E-state index contributed by atoms with van der Waals surface area (Å²) in [5.41, 5.74) is 1.89. The molecule has 2 rings (SSSR count). The molecule has 94 valence electrons. The number of hydrogen-bond donors (Lipinski definition) is 2. The predicted octanol–water partition coefficient (Wildman–Crippen LogP) is 0.714. The number of para-hydroxylation sites is 1. The summed E-state index contributed by atoms with van der Waals surface area (Å²) < 4.78 is 5.72. The molecule has 1 heterocycles. The van der Waals surface area contributed by atoms with Gasteiger partial charge >= 0.3 is 0 Å². The Labute approximate surface area is 101 Å². The summed E-state index contributed by atoms with van der Waals surface area (Å²) in [4.78, 5) is 1.93. The van der Waals surface area contributed by atoms with E-state index in [1.165, 1.54) is 0 Å². The van der Waals surface area contributed by atoms with Crippen molar-refractivity contribution in [1.82, 2.24) is 4.90 Å². The first-order chi connectivity index (χ1) is 8.15. The molecule has 0 saturated carbocycles. The lowest BCUT2D eigenvalue weighted by molar-refractivity contribution is 0.00921. The lowest BCUT2D eigenvalue weighted by Crippen LogP contribution is -2.45. The van der Waals surface area contributed by atoms with Crippen molar-refractivity contribution in [2.45, 2.75) is 19.1 Å². The Balaban J connectivity index is 2.24. The molecule has 0 bridgehead atoms. The van der Waals surface area contributed by atoms with Gasteiger partial charge in [-0.1, -0.05) is 18.2 Å². The van der Waals surface area contributed by atoms with Crippen LogP contribution in [-0.4, -0.2) is 48.0 Å². The van der Waals surface area contributed by atoms with E-state index in [0.717, 1.165) is 16.9 Å². The smallest absolute Gasteiger partial charge is 0.128 e. The second-order valence-electron chi connectivity index (χ2n) is 4.52. The summed E-state index contributed by atoms with van der Waals surface area (Å²) in [6.45, 7) is 3.05. The topological polar surface area (TPSA) is 52.9 Å². The molecular weight excluding hydrogens is 218 g/mol. The Hall–Kier alpha value is -1.10. The molecular formula is C13H19NO3. The fraction of sp³-hybridized carbons (Fsp3) is 0.538.